The van der Waals surface area contributed by atoms with E-state index in [-0.39, 0.29) is 24.5 Å². The van der Waals surface area contributed by atoms with Crippen LogP contribution in [0.3, 0.4) is 0 Å². The van der Waals surface area contributed by atoms with Gasteiger partial charge in [0.25, 0.3) is 11.8 Å². The molecule has 1 heterocycles. The number of benzene rings is 1. The van der Waals surface area contributed by atoms with Crippen LogP contribution in [0.5, 0.6) is 5.75 Å². The number of hydrogen-bond donors (Lipinski definition) is 2. The van der Waals surface area contributed by atoms with Gasteiger partial charge in [-0.25, -0.2) is 0 Å². The number of carbonyl (C=O) groups is 2. The maximum absolute atomic E-state index is 12.5. The Hall–Kier alpha value is -2.04. The van der Waals surface area contributed by atoms with Crippen LogP contribution in [-0.4, -0.2) is 24.5 Å². The third kappa shape index (κ3) is 2.69. The Labute approximate surface area is 135 Å². The molecule has 3 aliphatic rings. The second-order valence-electron chi connectivity index (χ2n) is 7.15. The summed E-state index contributed by atoms with van der Waals surface area (Å²) in [6.07, 6.45) is 5.29. The van der Waals surface area contributed by atoms with Gasteiger partial charge in [0.15, 0.2) is 6.61 Å². The number of amides is 2. The van der Waals surface area contributed by atoms with E-state index in [0.717, 1.165) is 11.8 Å². The SMILES string of the molecule is C[C@@H](NC(=O)c1ccc2c(c1)OCC(=O)N2)[C@@H]1C[C@H]2CC[C@H]1C2. The number of fused-ring (bicyclic) bond motifs is 3. The molecule has 23 heavy (non-hydrogen) atoms. The molecule has 0 radical (unpaired) electrons. The molecule has 2 N–H and O–H groups in total. The molecule has 4 atom stereocenters. The topological polar surface area (TPSA) is 67.4 Å². The van der Waals surface area contributed by atoms with Crippen LogP contribution in [-0.2, 0) is 4.79 Å². The van der Waals surface area contributed by atoms with Crippen molar-refractivity contribution in [3.8, 4) is 5.75 Å². The van der Waals surface area contributed by atoms with Crippen molar-refractivity contribution in [1.82, 2.24) is 5.32 Å². The molecule has 0 aromatic heterocycles. The zero-order valence-electron chi connectivity index (χ0n) is 13.3. The van der Waals surface area contributed by atoms with E-state index in [1.807, 2.05) is 0 Å². The second-order valence-corrected chi connectivity index (χ2v) is 7.15. The van der Waals surface area contributed by atoms with Crippen molar-refractivity contribution in [1.29, 1.82) is 0 Å². The van der Waals surface area contributed by atoms with Crippen LogP contribution in [0.4, 0.5) is 5.69 Å². The van der Waals surface area contributed by atoms with Gasteiger partial charge in [0.1, 0.15) is 5.75 Å². The predicted molar refractivity (Wildman–Crippen MR) is 86.4 cm³/mol. The van der Waals surface area contributed by atoms with Crippen LogP contribution in [0, 0.1) is 17.8 Å². The number of hydrogen-bond acceptors (Lipinski definition) is 3. The van der Waals surface area contributed by atoms with Gasteiger partial charge >= 0.3 is 0 Å². The van der Waals surface area contributed by atoms with Crippen molar-refractivity contribution < 1.29 is 14.3 Å². The van der Waals surface area contributed by atoms with E-state index in [9.17, 15) is 9.59 Å². The van der Waals surface area contributed by atoms with E-state index < -0.39 is 0 Å². The fourth-order valence-electron chi connectivity index (χ4n) is 4.52. The second kappa shape index (κ2) is 5.55. The largest absolute Gasteiger partial charge is 0.482 e. The number of ether oxygens (including phenoxy) is 1. The summed E-state index contributed by atoms with van der Waals surface area (Å²) in [7, 11) is 0. The van der Waals surface area contributed by atoms with Crippen molar-refractivity contribution in [3.63, 3.8) is 0 Å². The van der Waals surface area contributed by atoms with Gasteiger partial charge in [-0.3, -0.25) is 9.59 Å². The smallest absolute Gasteiger partial charge is 0.262 e. The maximum Gasteiger partial charge on any atom is 0.262 e. The van der Waals surface area contributed by atoms with Crippen molar-refractivity contribution in [2.24, 2.45) is 17.8 Å². The minimum absolute atomic E-state index is 0.000379. The van der Waals surface area contributed by atoms with Crippen molar-refractivity contribution in [2.75, 3.05) is 11.9 Å². The maximum atomic E-state index is 12.5. The van der Waals surface area contributed by atoms with Crippen LogP contribution < -0.4 is 15.4 Å². The molecule has 2 fully saturated rings. The lowest BCUT2D eigenvalue weighted by Gasteiger charge is -2.28. The van der Waals surface area contributed by atoms with Gasteiger partial charge in [-0.2, -0.15) is 0 Å². The van der Waals surface area contributed by atoms with Crippen molar-refractivity contribution in [3.05, 3.63) is 23.8 Å². The Balaban J connectivity index is 1.44. The fourth-order valence-corrected chi connectivity index (χ4v) is 4.52. The third-order valence-corrected chi connectivity index (χ3v) is 5.67. The zero-order valence-corrected chi connectivity index (χ0v) is 13.3. The summed E-state index contributed by atoms with van der Waals surface area (Å²) in [5.41, 5.74) is 1.20. The molecule has 2 aliphatic carbocycles. The first-order chi connectivity index (χ1) is 11.1. The molecular weight excluding hydrogens is 292 g/mol. The summed E-state index contributed by atoms with van der Waals surface area (Å²) in [5.74, 6) is 2.61. The lowest BCUT2D eigenvalue weighted by atomic mass is 9.84. The standard InChI is InChI=1S/C18H22N2O3/c1-10(14-7-11-2-3-12(14)6-11)19-18(22)13-4-5-15-16(8-13)23-9-17(21)20-15/h4-5,8,10-12,14H,2-3,6-7,9H2,1H3,(H,19,22)(H,20,21)/t10-,11+,12+,14+/m1/s1. The predicted octanol–water partition coefficient (Wildman–Crippen LogP) is 2.57. The normalized spacial score (nSPS) is 29.4. The van der Waals surface area contributed by atoms with Gasteiger partial charge in [0.05, 0.1) is 5.69 Å². The lowest BCUT2D eigenvalue weighted by Crippen LogP contribution is -2.40. The molecule has 2 amide bonds. The Bertz CT molecular complexity index is 658. The third-order valence-electron chi connectivity index (χ3n) is 5.67. The van der Waals surface area contributed by atoms with Gasteiger partial charge < -0.3 is 15.4 Å². The number of anilines is 1. The molecule has 0 unspecified atom stereocenters. The average molecular weight is 314 g/mol. The molecule has 2 bridgehead atoms. The van der Waals surface area contributed by atoms with E-state index in [2.05, 4.69) is 17.6 Å². The number of nitrogens with one attached hydrogen (secondary N) is 2. The molecule has 122 valence electrons. The molecule has 5 nitrogen and oxygen atoms in total. The average Bonchev–Trinajstić information content (AvgIpc) is 3.17. The van der Waals surface area contributed by atoms with E-state index in [1.165, 1.54) is 25.7 Å². The lowest BCUT2D eigenvalue weighted by molar-refractivity contribution is -0.118. The summed E-state index contributed by atoms with van der Waals surface area (Å²) in [6.45, 7) is 2.12. The Morgan fingerprint density at radius 2 is 2.22 bits per heavy atom. The highest BCUT2D eigenvalue weighted by molar-refractivity contribution is 5.99. The molecule has 1 aromatic carbocycles. The van der Waals surface area contributed by atoms with Gasteiger partial charge in [0, 0.05) is 11.6 Å². The molecule has 1 aromatic rings. The molecule has 0 saturated heterocycles. The number of carbonyl (C=O) groups excluding carboxylic acids is 2. The van der Waals surface area contributed by atoms with Crippen LogP contribution in [0.1, 0.15) is 43.0 Å². The zero-order chi connectivity index (χ0) is 16.0. The highest BCUT2D eigenvalue weighted by Gasteiger charge is 2.42. The van der Waals surface area contributed by atoms with Gasteiger partial charge in [-0.15, -0.1) is 0 Å². The molecule has 1 aliphatic heterocycles. The molecule has 2 saturated carbocycles. The van der Waals surface area contributed by atoms with Crippen molar-refractivity contribution >= 4 is 17.5 Å². The quantitative estimate of drug-likeness (QED) is 0.901. The van der Waals surface area contributed by atoms with Gasteiger partial charge in [-0.05, 0) is 62.1 Å². The first kappa shape index (κ1) is 14.5. The van der Waals surface area contributed by atoms with E-state index >= 15 is 0 Å². The Morgan fingerprint density at radius 1 is 1.35 bits per heavy atom. The van der Waals surface area contributed by atoms with Crippen LogP contribution >= 0.6 is 0 Å². The van der Waals surface area contributed by atoms with Crippen LogP contribution in [0.15, 0.2) is 18.2 Å². The summed E-state index contributed by atoms with van der Waals surface area (Å²) in [5, 5.41) is 5.89. The fraction of sp³-hybridized carbons (Fsp3) is 0.556. The minimum atomic E-state index is -0.167. The summed E-state index contributed by atoms with van der Waals surface area (Å²) in [6, 6.07) is 5.37. The minimum Gasteiger partial charge on any atom is -0.482 e. The molecule has 4 rings (SSSR count). The summed E-state index contributed by atoms with van der Waals surface area (Å²) >= 11 is 0. The van der Waals surface area contributed by atoms with Crippen LogP contribution in [0.2, 0.25) is 0 Å². The van der Waals surface area contributed by atoms with E-state index in [0.29, 0.717) is 22.9 Å². The Morgan fingerprint density at radius 3 is 2.96 bits per heavy atom. The van der Waals surface area contributed by atoms with E-state index in [4.69, 9.17) is 4.74 Å². The van der Waals surface area contributed by atoms with Gasteiger partial charge in [0.2, 0.25) is 0 Å². The summed E-state index contributed by atoms with van der Waals surface area (Å²) in [4.78, 5) is 23.8. The Kier molecular flexibility index (Phi) is 3.51. The molecule has 0 spiro atoms. The number of rotatable bonds is 3. The molecule has 5 heteroatoms. The van der Waals surface area contributed by atoms with Gasteiger partial charge in [-0.1, -0.05) is 6.42 Å². The first-order valence-electron chi connectivity index (χ1n) is 8.47. The van der Waals surface area contributed by atoms with E-state index in [1.54, 1.807) is 18.2 Å². The van der Waals surface area contributed by atoms with Crippen LogP contribution in [0.25, 0.3) is 0 Å². The molecular formula is C18H22N2O3. The monoisotopic (exact) mass is 314 g/mol. The highest BCUT2D eigenvalue weighted by Crippen LogP contribution is 2.49. The van der Waals surface area contributed by atoms with Crippen molar-refractivity contribution in [2.45, 2.75) is 38.6 Å². The summed E-state index contributed by atoms with van der Waals surface area (Å²) < 4.78 is 5.38. The highest BCUT2D eigenvalue weighted by atomic mass is 16.5. The first-order valence-corrected chi connectivity index (χ1v) is 8.47.